The summed E-state index contributed by atoms with van der Waals surface area (Å²) in [6.07, 6.45) is 1.73. The Morgan fingerprint density at radius 3 is 2.87 bits per heavy atom. The van der Waals surface area contributed by atoms with Gasteiger partial charge in [0.25, 0.3) is 0 Å². The highest BCUT2D eigenvalue weighted by Crippen LogP contribution is 2.25. The van der Waals surface area contributed by atoms with Crippen molar-refractivity contribution in [3.05, 3.63) is 40.5 Å². The number of para-hydroxylation sites is 1. The fraction of sp³-hybridized carbons (Fsp3) is 0.100. The number of nitrogens with two attached hydrogens (primary N) is 1. The Morgan fingerprint density at radius 2 is 2.20 bits per heavy atom. The predicted molar refractivity (Wildman–Crippen MR) is 65.0 cm³/mol. The molecule has 2 N–H and O–H groups in total. The Balaban J connectivity index is 2.06. The predicted octanol–water partition coefficient (Wildman–Crippen LogP) is 3.07. The van der Waals surface area contributed by atoms with E-state index in [-0.39, 0.29) is 0 Å². The number of nitrogens with zero attached hydrogens (tertiary/aromatic N) is 1. The molecule has 0 aliphatic carbocycles. The van der Waals surface area contributed by atoms with Gasteiger partial charge in [-0.1, -0.05) is 12.1 Å². The highest BCUT2D eigenvalue weighted by atomic mass is 79.9. The van der Waals surface area contributed by atoms with E-state index in [1.54, 1.807) is 6.20 Å². The van der Waals surface area contributed by atoms with Crippen LogP contribution in [0.1, 0.15) is 5.56 Å². The van der Waals surface area contributed by atoms with E-state index >= 15 is 0 Å². The van der Waals surface area contributed by atoms with Crippen LogP contribution in [-0.2, 0) is 6.61 Å². The molecule has 0 unspecified atom stereocenters. The van der Waals surface area contributed by atoms with E-state index in [4.69, 9.17) is 10.5 Å². The molecule has 2 rings (SSSR count). The van der Waals surface area contributed by atoms with Crippen molar-refractivity contribution in [2.45, 2.75) is 6.61 Å². The number of benzene rings is 1. The lowest BCUT2D eigenvalue weighted by Gasteiger charge is -2.06. The molecular formula is C10H9BrN2OS. The third kappa shape index (κ3) is 2.49. The lowest BCUT2D eigenvalue weighted by molar-refractivity contribution is 0.305. The van der Waals surface area contributed by atoms with Crippen molar-refractivity contribution in [3.8, 4) is 5.75 Å². The molecule has 1 heterocycles. The van der Waals surface area contributed by atoms with Crippen LogP contribution in [0, 0.1) is 0 Å². The minimum Gasteiger partial charge on any atom is -0.488 e. The molecule has 5 heteroatoms. The lowest BCUT2D eigenvalue weighted by atomic mass is 10.3. The molecule has 0 spiro atoms. The number of hydrogen-bond donors (Lipinski definition) is 1. The average molecular weight is 285 g/mol. The van der Waals surface area contributed by atoms with E-state index in [9.17, 15) is 0 Å². The third-order valence-corrected chi connectivity index (χ3v) is 3.22. The second-order valence-corrected chi connectivity index (χ2v) is 4.62. The largest absolute Gasteiger partial charge is 0.488 e. The van der Waals surface area contributed by atoms with Crippen LogP contribution in [0.5, 0.6) is 5.75 Å². The summed E-state index contributed by atoms with van der Waals surface area (Å²) in [5, 5.41) is 0.710. The van der Waals surface area contributed by atoms with Crippen molar-refractivity contribution >= 4 is 32.5 Å². The molecule has 0 atom stereocenters. The zero-order valence-corrected chi connectivity index (χ0v) is 10.2. The molecule has 0 amide bonds. The van der Waals surface area contributed by atoms with E-state index in [0.717, 1.165) is 15.8 Å². The standard InChI is InChI=1S/C10H9BrN2OS/c11-8-3-1-2-4-9(8)14-6-7-5-13-15-10(7)12/h1-5H,6,12H2. The Morgan fingerprint density at radius 1 is 1.40 bits per heavy atom. The molecule has 0 aliphatic heterocycles. The van der Waals surface area contributed by atoms with Gasteiger partial charge in [0.15, 0.2) is 0 Å². The maximum atomic E-state index is 5.71. The lowest BCUT2D eigenvalue weighted by Crippen LogP contribution is -1.97. The summed E-state index contributed by atoms with van der Waals surface area (Å²) in [7, 11) is 0. The highest BCUT2D eigenvalue weighted by molar-refractivity contribution is 9.10. The first kappa shape index (κ1) is 10.4. The molecule has 0 aliphatic rings. The van der Waals surface area contributed by atoms with Gasteiger partial charge in [-0.2, -0.15) is 4.37 Å². The fourth-order valence-corrected chi connectivity index (χ4v) is 2.02. The van der Waals surface area contributed by atoms with E-state index in [0.29, 0.717) is 11.6 Å². The van der Waals surface area contributed by atoms with Gasteiger partial charge in [0.05, 0.1) is 4.47 Å². The van der Waals surface area contributed by atoms with E-state index < -0.39 is 0 Å². The fourth-order valence-electron chi connectivity index (χ4n) is 1.09. The van der Waals surface area contributed by atoms with Crippen molar-refractivity contribution in [1.29, 1.82) is 0 Å². The van der Waals surface area contributed by atoms with Gasteiger partial charge in [-0.05, 0) is 39.6 Å². The molecular weight excluding hydrogens is 276 g/mol. The number of hydrogen-bond acceptors (Lipinski definition) is 4. The van der Waals surface area contributed by atoms with Crippen molar-refractivity contribution in [2.75, 3.05) is 5.73 Å². The summed E-state index contributed by atoms with van der Waals surface area (Å²) >= 11 is 4.69. The van der Waals surface area contributed by atoms with Crippen molar-refractivity contribution in [3.63, 3.8) is 0 Å². The van der Waals surface area contributed by atoms with Crippen LogP contribution in [-0.4, -0.2) is 4.37 Å². The Labute approximate surface area is 100 Å². The first-order valence-corrected chi connectivity index (χ1v) is 5.90. The molecule has 3 nitrogen and oxygen atoms in total. The van der Waals surface area contributed by atoms with Crippen LogP contribution < -0.4 is 10.5 Å². The molecule has 2 aromatic rings. The molecule has 78 valence electrons. The number of anilines is 1. The molecule has 15 heavy (non-hydrogen) atoms. The summed E-state index contributed by atoms with van der Waals surface area (Å²) in [4.78, 5) is 0. The Hall–Kier alpha value is -1.07. The summed E-state index contributed by atoms with van der Waals surface area (Å²) in [6, 6.07) is 7.71. The maximum absolute atomic E-state index is 5.71. The number of nitrogen functional groups attached to an aromatic ring is 1. The zero-order chi connectivity index (χ0) is 10.7. The van der Waals surface area contributed by atoms with E-state index in [1.807, 2.05) is 24.3 Å². The number of halogens is 1. The average Bonchev–Trinajstić information content (AvgIpc) is 2.63. The summed E-state index contributed by atoms with van der Waals surface area (Å²) in [5.74, 6) is 0.808. The summed E-state index contributed by atoms with van der Waals surface area (Å²) in [6.45, 7) is 0.449. The van der Waals surface area contributed by atoms with Crippen LogP contribution in [0.2, 0.25) is 0 Å². The van der Waals surface area contributed by atoms with Gasteiger partial charge in [-0.25, -0.2) is 0 Å². The first-order chi connectivity index (χ1) is 7.27. The molecule has 0 saturated carbocycles. The van der Waals surface area contributed by atoms with Gasteiger partial charge in [0.2, 0.25) is 0 Å². The topological polar surface area (TPSA) is 48.1 Å². The minimum absolute atomic E-state index is 0.449. The Kier molecular flexibility index (Phi) is 3.23. The smallest absolute Gasteiger partial charge is 0.133 e. The van der Waals surface area contributed by atoms with Gasteiger partial charge in [-0.3, -0.25) is 0 Å². The van der Waals surface area contributed by atoms with Crippen LogP contribution in [0.3, 0.4) is 0 Å². The maximum Gasteiger partial charge on any atom is 0.133 e. The van der Waals surface area contributed by atoms with Crippen molar-refractivity contribution in [2.24, 2.45) is 0 Å². The second kappa shape index (κ2) is 4.63. The van der Waals surface area contributed by atoms with Crippen molar-refractivity contribution in [1.82, 2.24) is 4.37 Å². The SMILES string of the molecule is Nc1sncc1COc1ccccc1Br. The van der Waals surface area contributed by atoms with Crippen LogP contribution >= 0.6 is 27.5 Å². The van der Waals surface area contributed by atoms with Crippen LogP contribution in [0.15, 0.2) is 34.9 Å². The normalized spacial score (nSPS) is 10.2. The summed E-state index contributed by atoms with van der Waals surface area (Å²) in [5.41, 5.74) is 6.63. The van der Waals surface area contributed by atoms with E-state index in [2.05, 4.69) is 20.3 Å². The Bertz CT molecular complexity index is 458. The molecule has 0 bridgehead atoms. The molecule has 0 fully saturated rings. The number of aromatic nitrogens is 1. The highest BCUT2D eigenvalue weighted by Gasteiger charge is 2.04. The van der Waals surface area contributed by atoms with Gasteiger partial charge >= 0.3 is 0 Å². The van der Waals surface area contributed by atoms with Gasteiger partial charge in [0.1, 0.15) is 17.4 Å². The molecule has 1 aromatic carbocycles. The van der Waals surface area contributed by atoms with Gasteiger partial charge in [0, 0.05) is 11.8 Å². The number of rotatable bonds is 3. The summed E-state index contributed by atoms with van der Waals surface area (Å²) < 4.78 is 10.5. The third-order valence-electron chi connectivity index (χ3n) is 1.90. The minimum atomic E-state index is 0.449. The molecule has 0 radical (unpaired) electrons. The van der Waals surface area contributed by atoms with Gasteiger partial charge in [-0.15, -0.1) is 0 Å². The van der Waals surface area contributed by atoms with Crippen molar-refractivity contribution < 1.29 is 4.74 Å². The zero-order valence-electron chi connectivity index (χ0n) is 7.81. The van der Waals surface area contributed by atoms with Crippen LogP contribution in [0.25, 0.3) is 0 Å². The molecule has 1 aromatic heterocycles. The second-order valence-electron chi connectivity index (χ2n) is 2.93. The first-order valence-electron chi connectivity index (χ1n) is 4.33. The van der Waals surface area contributed by atoms with Gasteiger partial charge < -0.3 is 10.5 Å². The monoisotopic (exact) mass is 284 g/mol. The number of ether oxygens (including phenoxy) is 1. The van der Waals surface area contributed by atoms with Crippen LogP contribution in [0.4, 0.5) is 5.00 Å². The van der Waals surface area contributed by atoms with E-state index in [1.165, 1.54) is 11.5 Å². The molecule has 0 saturated heterocycles. The quantitative estimate of drug-likeness (QED) is 0.942.